The van der Waals surface area contributed by atoms with Crippen molar-refractivity contribution in [2.45, 2.75) is 45.6 Å². The van der Waals surface area contributed by atoms with E-state index in [9.17, 15) is 9.59 Å². The van der Waals surface area contributed by atoms with E-state index in [1.165, 1.54) is 0 Å². The summed E-state index contributed by atoms with van der Waals surface area (Å²) in [4.78, 5) is 28.3. The van der Waals surface area contributed by atoms with Gasteiger partial charge in [-0.3, -0.25) is 9.59 Å². The minimum Gasteiger partial charge on any atom is -0.494 e. The molecule has 0 fully saturated rings. The molecule has 5 heteroatoms. The van der Waals surface area contributed by atoms with Crippen LogP contribution in [0.15, 0.2) is 57.7 Å². The molecule has 3 aromatic rings. The first-order valence-corrected chi connectivity index (χ1v) is 10.7. The zero-order chi connectivity index (χ0) is 21.1. The van der Waals surface area contributed by atoms with Gasteiger partial charge in [0, 0.05) is 6.54 Å². The number of fused-ring (bicyclic) bond motifs is 2. The van der Waals surface area contributed by atoms with Crippen molar-refractivity contribution in [3.8, 4) is 5.75 Å². The molecule has 0 saturated carbocycles. The molecule has 1 aliphatic heterocycles. The molecule has 1 amide bonds. The number of ether oxygens (including phenoxy) is 1. The predicted molar refractivity (Wildman–Crippen MR) is 117 cm³/mol. The third kappa shape index (κ3) is 3.60. The van der Waals surface area contributed by atoms with E-state index in [-0.39, 0.29) is 17.1 Å². The average molecular weight is 405 g/mol. The monoisotopic (exact) mass is 405 g/mol. The van der Waals surface area contributed by atoms with Crippen molar-refractivity contribution in [3.63, 3.8) is 0 Å². The van der Waals surface area contributed by atoms with Gasteiger partial charge >= 0.3 is 0 Å². The van der Waals surface area contributed by atoms with E-state index in [0.717, 1.165) is 37.0 Å². The molecule has 0 bridgehead atoms. The Labute approximate surface area is 176 Å². The minimum absolute atomic E-state index is 0.141. The summed E-state index contributed by atoms with van der Waals surface area (Å²) in [5, 5.41) is 0.499. The van der Waals surface area contributed by atoms with Gasteiger partial charge in [-0.1, -0.05) is 51.0 Å². The van der Waals surface area contributed by atoms with Crippen LogP contribution in [0, 0.1) is 0 Å². The molecule has 1 aromatic heterocycles. The Balaban J connectivity index is 1.78. The summed E-state index contributed by atoms with van der Waals surface area (Å²) in [5.41, 5.74) is 1.60. The summed E-state index contributed by atoms with van der Waals surface area (Å²) >= 11 is 0. The molecule has 1 atom stereocenters. The summed E-state index contributed by atoms with van der Waals surface area (Å²) in [6, 6.07) is 14.3. The maximum absolute atomic E-state index is 13.4. The molecule has 0 N–H and O–H groups in total. The van der Waals surface area contributed by atoms with Gasteiger partial charge in [0.15, 0.2) is 5.43 Å². The lowest BCUT2D eigenvalue weighted by atomic mass is 9.98. The summed E-state index contributed by atoms with van der Waals surface area (Å²) in [7, 11) is 0. The topological polar surface area (TPSA) is 59.8 Å². The highest BCUT2D eigenvalue weighted by atomic mass is 16.5. The largest absolute Gasteiger partial charge is 0.494 e. The van der Waals surface area contributed by atoms with E-state index < -0.39 is 6.04 Å². The summed E-state index contributed by atoms with van der Waals surface area (Å²) < 4.78 is 11.8. The van der Waals surface area contributed by atoms with Crippen molar-refractivity contribution >= 4 is 16.9 Å². The van der Waals surface area contributed by atoms with E-state index in [4.69, 9.17) is 9.15 Å². The lowest BCUT2D eigenvalue weighted by Gasteiger charge is -2.25. The van der Waals surface area contributed by atoms with E-state index >= 15 is 0 Å². The Kier molecular flexibility index (Phi) is 5.88. The van der Waals surface area contributed by atoms with Gasteiger partial charge in [-0.05, 0) is 42.7 Å². The van der Waals surface area contributed by atoms with Gasteiger partial charge in [0.05, 0.1) is 23.6 Å². The zero-order valence-electron chi connectivity index (χ0n) is 17.5. The number of nitrogens with zero attached hydrogens (tertiary/aromatic N) is 1. The normalized spacial score (nSPS) is 15.6. The van der Waals surface area contributed by atoms with Gasteiger partial charge in [-0.15, -0.1) is 0 Å². The van der Waals surface area contributed by atoms with Crippen molar-refractivity contribution in [2.75, 3.05) is 13.2 Å². The second-order valence-corrected chi connectivity index (χ2v) is 7.70. The molecule has 5 nitrogen and oxygen atoms in total. The van der Waals surface area contributed by atoms with Crippen molar-refractivity contribution in [1.29, 1.82) is 0 Å². The molecule has 0 spiro atoms. The fraction of sp³-hybridized carbons (Fsp3) is 0.360. The lowest BCUT2D eigenvalue weighted by Crippen LogP contribution is -2.30. The maximum Gasteiger partial charge on any atom is 0.290 e. The molecule has 0 unspecified atom stereocenters. The SMILES string of the molecule is CCCCCOc1cccc([C@H]2c3c(oc4ccccc4c3=O)C(=O)N2CCC)c1. The molecule has 0 aliphatic carbocycles. The van der Waals surface area contributed by atoms with E-state index in [1.54, 1.807) is 23.1 Å². The molecule has 0 radical (unpaired) electrons. The van der Waals surface area contributed by atoms with Gasteiger partial charge in [-0.2, -0.15) is 0 Å². The maximum atomic E-state index is 13.4. The van der Waals surface area contributed by atoms with Crippen LogP contribution in [-0.2, 0) is 0 Å². The molecule has 0 saturated heterocycles. The predicted octanol–water partition coefficient (Wildman–Crippen LogP) is 5.32. The molecular formula is C25H27NO4. The molecule has 4 rings (SSSR count). The summed E-state index contributed by atoms with van der Waals surface area (Å²) in [5.74, 6) is 0.687. The highest BCUT2D eigenvalue weighted by Gasteiger charge is 2.42. The number of rotatable bonds is 8. The average Bonchev–Trinajstić information content (AvgIpc) is 3.04. The first kappa shape index (κ1) is 20.2. The van der Waals surface area contributed by atoms with Gasteiger partial charge in [0.25, 0.3) is 5.91 Å². The van der Waals surface area contributed by atoms with Crippen LogP contribution in [-0.4, -0.2) is 24.0 Å². The van der Waals surface area contributed by atoms with Gasteiger partial charge in [0.2, 0.25) is 5.76 Å². The van der Waals surface area contributed by atoms with Crippen molar-refractivity contribution in [1.82, 2.24) is 4.90 Å². The first-order valence-electron chi connectivity index (χ1n) is 10.7. The number of unbranched alkanes of at least 4 members (excludes halogenated alkanes) is 2. The summed E-state index contributed by atoms with van der Waals surface area (Å²) in [6.45, 7) is 5.38. The molecule has 2 aromatic carbocycles. The van der Waals surface area contributed by atoms with Crippen LogP contribution >= 0.6 is 0 Å². The third-order valence-corrected chi connectivity index (χ3v) is 5.53. The van der Waals surface area contributed by atoms with Crippen LogP contribution in [0.1, 0.15) is 67.3 Å². The minimum atomic E-state index is -0.465. The fourth-order valence-electron chi connectivity index (χ4n) is 4.10. The van der Waals surface area contributed by atoms with Crippen LogP contribution in [0.25, 0.3) is 11.0 Å². The van der Waals surface area contributed by atoms with E-state index in [0.29, 0.717) is 29.7 Å². The number of carbonyl (C=O) groups is 1. The van der Waals surface area contributed by atoms with Crippen LogP contribution < -0.4 is 10.2 Å². The van der Waals surface area contributed by atoms with Crippen molar-refractivity contribution in [3.05, 3.63) is 75.6 Å². The number of hydrogen-bond donors (Lipinski definition) is 0. The van der Waals surface area contributed by atoms with Crippen LogP contribution in [0.2, 0.25) is 0 Å². The molecule has 156 valence electrons. The molecule has 30 heavy (non-hydrogen) atoms. The Morgan fingerprint density at radius 2 is 1.83 bits per heavy atom. The zero-order valence-corrected chi connectivity index (χ0v) is 17.5. The Morgan fingerprint density at radius 3 is 2.63 bits per heavy atom. The van der Waals surface area contributed by atoms with Gasteiger partial charge in [-0.25, -0.2) is 0 Å². The van der Waals surface area contributed by atoms with Crippen molar-refractivity contribution < 1.29 is 13.9 Å². The highest BCUT2D eigenvalue weighted by molar-refractivity contribution is 5.99. The Hall–Kier alpha value is -3.08. The second kappa shape index (κ2) is 8.74. The second-order valence-electron chi connectivity index (χ2n) is 7.70. The number of amides is 1. The summed E-state index contributed by atoms with van der Waals surface area (Å²) in [6.07, 6.45) is 4.06. The van der Waals surface area contributed by atoms with E-state index in [2.05, 4.69) is 6.92 Å². The lowest BCUT2D eigenvalue weighted by molar-refractivity contribution is 0.0728. The number of para-hydroxylation sites is 1. The highest BCUT2D eigenvalue weighted by Crippen LogP contribution is 2.39. The van der Waals surface area contributed by atoms with Crippen LogP contribution in [0.4, 0.5) is 0 Å². The third-order valence-electron chi connectivity index (χ3n) is 5.53. The number of hydrogen-bond acceptors (Lipinski definition) is 4. The number of benzene rings is 2. The standard InChI is InChI=1S/C25H27NO4/c1-3-5-8-15-29-18-11-9-10-17(16-18)22-21-23(27)19-12-6-7-13-20(19)30-24(21)25(28)26(22)14-4-2/h6-7,9-13,16,22H,3-5,8,14-15H2,1-2H3/t22-/m0/s1. The quantitative estimate of drug-likeness (QED) is 0.476. The van der Waals surface area contributed by atoms with Gasteiger partial charge < -0.3 is 14.1 Å². The molecular weight excluding hydrogens is 378 g/mol. The van der Waals surface area contributed by atoms with E-state index in [1.807, 2.05) is 37.3 Å². The van der Waals surface area contributed by atoms with Gasteiger partial charge in [0.1, 0.15) is 11.3 Å². The number of carbonyl (C=O) groups excluding carboxylic acids is 1. The Morgan fingerprint density at radius 1 is 1.00 bits per heavy atom. The molecule has 1 aliphatic rings. The first-order chi connectivity index (χ1) is 14.7. The molecule has 2 heterocycles. The Bertz CT molecular complexity index is 1120. The van der Waals surface area contributed by atoms with Crippen LogP contribution in [0.5, 0.6) is 5.75 Å². The van der Waals surface area contributed by atoms with Crippen molar-refractivity contribution in [2.24, 2.45) is 0 Å². The fourth-order valence-corrected chi connectivity index (χ4v) is 4.10. The smallest absolute Gasteiger partial charge is 0.290 e. The van der Waals surface area contributed by atoms with Crippen LogP contribution in [0.3, 0.4) is 0 Å².